The highest BCUT2D eigenvalue weighted by Crippen LogP contribution is 2.70. The van der Waals surface area contributed by atoms with Crippen LogP contribution in [0.5, 0.6) is 0 Å². The summed E-state index contributed by atoms with van der Waals surface area (Å²) in [6.45, 7) is 12.0. The maximum Gasteiger partial charge on any atom is 0.303 e. The maximum absolute atomic E-state index is 12.6. The molecule has 10 heteroatoms. The van der Waals surface area contributed by atoms with Gasteiger partial charge in [-0.15, -0.1) is 0 Å². The van der Waals surface area contributed by atoms with E-state index in [-0.39, 0.29) is 76.9 Å². The van der Waals surface area contributed by atoms with Crippen LogP contribution in [-0.4, -0.2) is 46.8 Å². The normalized spacial score (nSPS) is 48.1. The van der Waals surface area contributed by atoms with Crippen molar-refractivity contribution in [2.24, 2.45) is 52.3 Å². The molecule has 0 radical (unpaired) electrons. The number of ether oxygens (including phenoxy) is 2. The third kappa shape index (κ3) is 5.84. The van der Waals surface area contributed by atoms with E-state index in [0.717, 1.165) is 44.9 Å². The highest BCUT2D eigenvalue weighted by molar-refractivity contribution is 5.67. The molecule has 1 saturated heterocycles. The van der Waals surface area contributed by atoms with Gasteiger partial charge in [-0.2, -0.15) is 19.6 Å². The number of carboxylic acid groups (broad SMARTS) is 1. The van der Waals surface area contributed by atoms with Crippen LogP contribution < -0.4 is 0 Å². The second-order valence-electron chi connectivity index (χ2n) is 16.2. The summed E-state index contributed by atoms with van der Waals surface area (Å²) in [5, 5.41) is 9.40. The Labute approximate surface area is 267 Å². The first kappa shape index (κ1) is 33.2. The minimum absolute atomic E-state index is 0.110. The van der Waals surface area contributed by atoms with E-state index < -0.39 is 17.5 Å². The lowest BCUT2D eigenvalue weighted by Gasteiger charge is -2.65. The Morgan fingerprint density at radius 1 is 0.844 bits per heavy atom. The molecule has 10 atom stereocenters. The summed E-state index contributed by atoms with van der Waals surface area (Å²) >= 11 is 0. The van der Waals surface area contributed by atoms with E-state index >= 15 is 0 Å². The SMILES string of the molecule is CC(=O)O[C@H]1CC2C(C3CC[C@H](C(C)CCC(=O)O)[C@]31C)[C@H](OC(C)=O)C[C@@H]1CC3(CC[C@]21C)OOC1(CCC(C)CC1)OO3. The van der Waals surface area contributed by atoms with Gasteiger partial charge in [0.25, 0.3) is 0 Å². The highest BCUT2D eigenvalue weighted by Gasteiger charge is 2.69. The standard InChI is InChI=1S/C35H54O10/c1-20-11-13-34(14-12-20)42-44-35(45-43-34)16-15-32(5)24(19-35)17-28(40-22(3)36)31-26-9-8-25(21(2)7-10-30(38)39)33(26,6)29(18-27(31)32)41-23(4)37/h20-21,24-29,31H,7-19H2,1-6H3,(H,38,39)/t20?,21?,24-,25-,26?,27?,28-,29+,31?,32+,33-,34?,35?/m1/s1. The molecule has 0 aromatic heterocycles. The van der Waals surface area contributed by atoms with E-state index in [1.165, 1.54) is 13.8 Å². The van der Waals surface area contributed by atoms with E-state index in [4.69, 9.17) is 29.0 Å². The first-order valence-electron chi connectivity index (χ1n) is 17.5. The van der Waals surface area contributed by atoms with Crippen molar-refractivity contribution in [3.05, 3.63) is 0 Å². The van der Waals surface area contributed by atoms with Crippen LogP contribution in [0.1, 0.15) is 125 Å². The van der Waals surface area contributed by atoms with Crippen LogP contribution in [0.15, 0.2) is 0 Å². The lowest BCUT2D eigenvalue weighted by molar-refractivity contribution is -0.665. The Kier molecular flexibility index (Phi) is 8.88. The quantitative estimate of drug-likeness (QED) is 0.248. The van der Waals surface area contributed by atoms with Crippen molar-refractivity contribution in [1.29, 1.82) is 0 Å². The Balaban J connectivity index is 1.28. The molecule has 1 heterocycles. The van der Waals surface area contributed by atoms with Crippen molar-refractivity contribution < 1.29 is 48.5 Å². The summed E-state index contributed by atoms with van der Waals surface area (Å²) in [5.74, 6) is -1.66. The van der Waals surface area contributed by atoms with Gasteiger partial charge in [-0.25, -0.2) is 0 Å². The van der Waals surface area contributed by atoms with E-state index in [1.807, 2.05) is 0 Å². The molecule has 0 aromatic rings. The molecule has 1 N–H and O–H groups in total. The largest absolute Gasteiger partial charge is 0.481 e. The van der Waals surface area contributed by atoms with Crippen molar-refractivity contribution in [1.82, 2.24) is 0 Å². The minimum Gasteiger partial charge on any atom is -0.481 e. The van der Waals surface area contributed by atoms with E-state index in [2.05, 4.69) is 27.7 Å². The molecule has 2 spiro atoms. The third-order valence-electron chi connectivity index (χ3n) is 13.7. The van der Waals surface area contributed by atoms with Gasteiger partial charge in [0.15, 0.2) is 0 Å². The molecule has 6 rings (SSSR count). The third-order valence-corrected chi connectivity index (χ3v) is 13.7. The lowest BCUT2D eigenvalue weighted by Crippen LogP contribution is -2.65. The van der Waals surface area contributed by atoms with Crippen molar-refractivity contribution in [3.63, 3.8) is 0 Å². The van der Waals surface area contributed by atoms with Crippen LogP contribution in [0.2, 0.25) is 0 Å². The summed E-state index contributed by atoms with van der Waals surface area (Å²) in [5.41, 5.74) is -0.466. The molecule has 10 nitrogen and oxygen atoms in total. The van der Waals surface area contributed by atoms with Gasteiger partial charge in [0.2, 0.25) is 11.6 Å². The first-order valence-corrected chi connectivity index (χ1v) is 17.5. The van der Waals surface area contributed by atoms with Crippen LogP contribution in [0.3, 0.4) is 0 Å². The number of hydrogen-bond donors (Lipinski definition) is 1. The predicted octanol–water partition coefficient (Wildman–Crippen LogP) is 6.74. The van der Waals surface area contributed by atoms with Gasteiger partial charge in [0.1, 0.15) is 12.2 Å². The fourth-order valence-corrected chi connectivity index (χ4v) is 11.2. The monoisotopic (exact) mass is 634 g/mol. The number of hydrogen-bond acceptors (Lipinski definition) is 9. The zero-order chi connectivity index (χ0) is 32.4. The van der Waals surface area contributed by atoms with Crippen molar-refractivity contribution >= 4 is 17.9 Å². The van der Waals surface area contributed by atoms with Crippen LogP contribution in [0, 0.1) is 52.3 Å². The van der Waals surface area contributed by atoms with E-state index in [9.17, 15) is 19.5 Å². The number of carbonyl (C=O) groups excluding carboxylic acids is 2. The number of rotatable bonds is 6. The molecule has 0 aromatic carbocycles. The van der Waals surface area contributed by atoms with E-state index in [0.29, 0.717) is 38.0 Å². The summed E-state index contributed by atoms with van der Waals surface area (Å²) in [4.78, 5) is 61.0. The molecular formula is C35H54O10. The Hall–Kier alpha value is -1.75. The molecule has 254 valence electrons. The van der Waals surface area contributed by atoms with Crippen LogP contribution >= 0.6 is 0 Å². The van der Waals surface area contributed by atoms with Gasteiger partial charge in [0, 0.05) is 57.3 Å². The molecule has 0 bridgehead atoms. The fraction of sp³-hybridized carbons (Fsp3) is 0.914. The fourth-order valence-electron chi connectivity index (χ4n) is 11.2. The average molecular weight is 635 g/mol. The lowest BCUT2D eigenvalue weighted by atomic mass is 9.42. The Morgan fingerprint density at radius 2 is 1.49 bits per heavy atom. The summed E-state index contributed by atoms with van der Waals surface area (Å²) in [6, 6.07) is 0. The van der Waals surface area contributed by atoms with Gasteiger partial charge in [-0.1, -0.05) is 27.7 Å². The first-order chi connectivity index (χ1) is 21.2. The molecule has 5 aliphatic carbocycles. The van der Waals surface area contributed by atoms with E-state index in [1.54, 1.807) is 0 Å². The average Bonchev–Trinajstić information content (AvgIpc) is 3.34. The van der Waals surface area contributed by atoms with Gasteiger partial charge >= 0.3 is 17.9 Å². The Morgan fingerprint density at radius 3 is 2.11 bits per heavy atom. The molecule has 6 aliphatic rings. The number of aliphatic carboxylic acids is 1. The highest BCUT2D eigenvalue weighted by atomic mass is 17.4. The second kappa shape index (κ2) is 12.0. The van der Waals surface area contributed by atoms with Gasteiger partial charge < -0.3 is 14.6 Å². The van der Waals surface area contributed by atoms with Crippen molar-refractivity contribution in [2.45, 2.75) is 149 Å². The number of esters is 2. The van der Waals surface area contributed by atoms with Gasteiger partial charge in [-0.05, 0) is 92.3 Å². The summed E-state index contributed by atoms with van der Waals surface area (Å²) in [6.07, 6.45) is 8.84. The summed E-state index contributed by atoms with van der Waals surface area (Å²) in [7, 11) is 0. The van der Waals surface area contributed by atoms with Gasteiger partial charge in [-0.3, -0.25) is 14.4 Å². The predicted molar refractivity (Wildman–Crippen MR) is 161 cm³/mol. The molecule has 0 amide bonds. The molecule has 5 saturated carbocycles. The van der Waals surface area contributed by atoms with Gasteiger partial charge in [0.05, 0.1) is 0 Å². The maximum atomic E-state index is 12.6. The zero-order valence-electron chi connectivity index (χ0n) is 28.0. The van der Waals surface area contributed by atoms with Crippen molar-refractivity contribution in [3.8, 4) is 0 Å². The molecule has 6 fully saturated rings. The minimum atomic E-state index is -1.01. The molecule has 45 heavy (non-hydrogen) atoms. The van der Waals surface area contributed by atoms with Crippen molar-refractivity contribution in [2.75, 3.05) is 0 Å². The van der Waals surface area contributed by atoms with Crippen LogP contribution in [0.25, 0.3) is 0 Å². The number of fused-ring (bicyclic) bond motifs is 5. The summed E-state index contributed by atoms with van der Waals surface area (Å²) < 4.78 is 12.4. The zero-order valence-corrected chi connectivity index (χ0v) is 28.0. The van der Waals surface area contributed by atoms with Crippen LogP contribution in [0.4, 0.5) is 0 Å². The molecular weight excluding hydrogens is 580 g/mol. The number of carboxylic acids is 1. The molecule has 1 aliphatic heterocycles. The second-order valence-corrected chi connectivity index (χ2v) is 16.2. The van der Waals surface area contributed by atoms with Crippen LogP contribution in [-0.2, 0) is 43.4 Å². The Bertz CT molecular complexity index is 1140. The topological polar surface area (TPSA) is 127 Å². The molecule has 4 unspecified atom stereocenters. The number of carbonyl (C=O) groups is 3. The smallest absolute Gasteiger partial charge is 0.303 e.